The lowest BCUT2D eigenvalue weighted by Crippen LogP contribution is -2.40. The summed E-state index contributed by atoms with van der Waals surface area (Å²) in [5.74, 6) is -0.118. The quantitative estimate of drug-likeness (QED) is 0.812. The highest BCUT2D eigenvalue weighted by molar-refractivity contribution is 7.15. The number of thiazole rings is 1. The predicted octanol–water partition coefficient (Wildman–Crippen LogP) is 2.31. The van der Waals surface area contributed by atoms with Crippen molar-refractivity contribution in [3.05, 3.63) is 23.5 Å². The maximum Gasteiger partial charge on any atom is 0.307 e. The van der Waals surface area contributed by atoms with Crippen LogP contribution in [-0.2, 0) is 16.1 Å². The molecule has 1 atom stereocenters. The molecule has 0 amide bonds. The van der Waals surface area contributed by atoms with Crippen molar-refractivity contribution in [2.24, 2.45) is 0 Å². The average molecular weight is 293 g/mol. The highest BCUT2D eigenvalue weighted by atomic mass is 32.1. The van der Waals surface area contributed by atoms with Crippen LogP contribution in [0.5, 0.6) is 0 Å². The molecule has 0 saturated carbocycles. The first-order valence-electron chi connectivity index (χ1n) is 6.98. The van der Waals surface area contributed by atoms with Crippen molar-refractivity contribution in [2.75, 3.05) is 13.7 Å². The van der Waals surface area contributed by atoms with Crippen molar-refractivity contribution in [3.8, 4) is 0 Å². The normalized spacial score (nSPS) is 20.4. The molecule has 1 saturated heterocycles. The number of hydrogen-bond acceptors (Lipinski definition) is 5. The van der Waals surface area contributed by atoms with Crippen LogP contribution in [0.25, 0.3) is 4.96 Å². The molecule has 3 rings (SSSR count). The molecule has 3 heterocycles. The number of hydrogen-bond donors (Lipinski definition) is 0. The summed E-state index contributed by atoms with van der Waals surface area (Å²) in [6, 6.07) is 0.288. The zero-order valence-electron chi connectivity index (χ0n) is 11.6. The number of piperidine rings is 1. The van der Waals surface area contributed by atoms with Crippen LogP contribution in [0, 0.1) is 0 Å². The van der Waals surface area contributed by atoms with Crippen molar-refractivity contribution >= 4 is 22.3 Å². The van der Waals surface area contributed by atoms with E-state index in [1.54, 1.807) is 11.3 Å². The Balaban J connectivity index is 1.69. The molecule has 1 aliphatic rings. The Kier molecular flexibility index (Phi) is 4.03. The Bertz CT molecular complexity index is 564. The third-order valence-corrected chi connectivity index (χ3v) is 4.66. The van der Waals surface area contributed by atoms with Crippen molar-refractivity contribution in [1.29, 1.82) is 0 Å². The molecule has 0 bridgehead atoms. The number of carbonyl (C=O) groups is 1. The van der Waals surface area contributed by atoms with Gasteiger partial charge < -0.3 is 4.74 Å². The van der Waals surface area contributed by atoms with Crippen LogP contribution in [-0.4, -0.2) is 40.0 Å². The fourth-order valence-corrected chi connectivity index (χ4v) is 3.55. The molecule has 6 heteroatoms. The van der Waals surface area contributed by atoms with E-state index in [0.29, 0.717) is 6.42 Å². The first kappa shape index (κ1) is 13.6. The number of carbonyl (C=O) groups excluding carboxylic acids is 1. The van der Waals surface area contributed by atoms with Crippen LogP contribution < -0.4 is 0 Å². The van der Waals surface area contributed by atoms with Gasteiger partial charge in [0.25, 0.3) is 0 Å². The summed E-state index contributed by atoms with van der Waals surface area (Å²) in [4.78, 5) is 19.5. The third kappa shape index (κ3) is 2.86. The summed E-state index contributed by atoms with van der Waals surface area (Å²) in [5.41, 5.74) is 1.08. The second kappa shape index (κ2) is 5.93. The smallest absolute Gasteiger partial charge is 0.307 e. The first-order chi connectivity index (χ1) is 9.76. The van der Waals surface area contributed by atoms with E-state index in [-0.39, 0.29) is 12.0 Å². The first-order valence-corrected chi connectivity index (χ1v) is 7.86. The van der Waals surface area contributed by atoms with Gasteiger partial charge in [-0.3, -0.25) is 14.1 Å². The van der Waals surface area contributed by atoms with E-state index in [9.17, 15) is 4.79 Å². The highest BCUT2D eigenvalue weighted by Crippen LogP contribution is 2.22. The largest absolute Gasteiger partial charge is 0.469 e. The van der Waals surface area contributed by atoms with Crippen LogP contribution >= 0.6 is 11.3 Å². The van der Waals surface area contributed by atoms with Gasteiger partial charge in [-0.1, -0.05) is 6.42 Å². The van der Waals surface area contributed by atoms with Gasteiger partial charge >= 0.3 is 5.97 Å². The third-order valence-electron chi connectivity index (χ3n) is 3.89. The Hall–Kier alpha value is -1.40. The monoisotopic (exact) mass is 293 g/mol. The molecule has 0 spiro atoms. The number of likely N-dealkylation sites (tertiary alicyclic amines) is 1. The van der Waals surface area contributed by atoms with E-state index in [1.165, 1.54) is 20.0 Å². The minimum absolute atomic E-state index is 0.118. The standard InChI is InChI=1S/C14H19N3O2S/c1-19-13(18)8-12-4-2-3-5-16(12)9-11-10-17-6-7-20-14(17)15-11/h6-7,10,12H,2-5,8-9H2,1H3. The Labute approximate surface area is 122 Å². The number of fused-ring (bicyclic) bond motifs is 1. The van der Waals surface area contributed by atoms with Gasteiger partial charge in [-0.25, -0.2) is 4.98 Å². The predicted molar refractivity (Wildman–Crippen MR) is 77.8 cm³/mol. The maximum atomic E-state index is 11.5. The molecule has 5 nitrogen and oxygen atoms in total. The van der Waals surface area contributed by atoms with Gasteiger partial charge in [0, 0.05) is 30.4 Å². The molecule has 108 valence electrons. The fourth-order valence-electron chi connectivity index (χ4n) is 2.84. The minimum Gasteiger partial charge on any atom is -0.469 e. The van der Waals surface area contributed by atoms with Crippen molar-refractivity contribution in [2.45, 2.75) is 38.3 Å². The van der Waals surface area contributed by atoms with Gasteiger partial charge in [0.1, 0.15) is 0 Å². The van der Waals surface area contributed by atoms with Crippen LogP contribution in [0.3, 0.4) is 0 Å². The molecule has 1 unspecified atom stereocenters. The average Bonchev–Trinajstić information content (AvgIpc) is 3.01. The Morgan fingerprint density at radius 1 is 1.55 bits per heavy atom. The Morgan fingerprint density at radius 2 is 2.45 bits per heavy atom. The van der Waals surface area contributed by atoms with E-state index in [2.05, 4.69) is 20.5 Å². The van der Waals surface area contributed by atoms with Gasteiger partial charge in [0.15, 0.2) is 4.96 Å². The van der Waals surface area contributed by atoms with Crippen LogP contribution in [0.2, 0.25) is 0 Å². The zero-order valence-corrected chi connectivity index (χ0v) is 12.4. The molecule has 0 aromatic carbocycles. The molecule has 1 fully saturated rings. The van der Waals surface area contributed by atoms with Gasteiger partial charge in [0.05, 0.1) is 19.2 Å². The van der Waals surface area contributed by atoms with E-state index in [0.717, 1.165) is 30.2 Å². The number of imidazole rings is 1. The zero-order chi connectivity index (χ0) is 13.9. The van der Waals surface area contributed by atoms with Crippen LogP contribution in [0.4, 0.5) is 0 Å². The lowest BCUT2D eigenvalue weighted by atomic mass is 9.99. The second-order valence-electron chi connectivity index (χ2n) is 5.23. The van der Waals surface area contributed by atoms with Crippen LogP contribution in [0.15, 0.2) is 17.8 Å². The Morgan fingerprint density at radius 3 is 3.25 bits per heavy atom. The molecule has 0 aliphatic carbocycles. The number of nitrogens with zero attached hydrogens (tertiary/aromatic N) is 3. The molecule has 0 radical (unpaired) electrons. The van der Waals surface area contributed by atoms with E-state index < -0.39 is 0 Å². The van der Waals surface area contributed by atoms with Crippen molar-refractivity contribution < 1.29 is 9.53 Å². The van der Waals surface area contributed by atoms with Gasteiger partial charge in [0.2, 0.25) is 0 Å². The molecule has 1 aliphatic heterocycles. The minimum atomic E-state index is -0.118. The summed E-state index contributed by atoms with van der Waals surface area (Å²) < 4.78 is 6.86. The second-order valence-corrected chi connectivity index (χ2v) is 6.10. The summed E-state index contributed by atoms with van der Waals surface area (Å²) in [7, 11) is 1.46. The van der Waals surface area contributed by atoms with Gasteiger partial charge in [-0.15, -0.1) is 11.3 Å². The summed E-state index contributed by atoms with van der Waals surface area (Å²) in [6.07, 6.45) is 8.04. The SMILES string of the molecule is COC(=O)CC1CCCCN1Cc1cn2ccsc2n1. The summed E-state index contributed by atoms with van der Waals surface area (Å²) in [6.45, 7) is 1.85. The number of ether oxygens (including phenoxy) is 1. The molecular formula is C14H19N3O2S. The fraction of sp³-hybridized carbons (Fsp3) is 0.571. The molecule has 20 heavy (non-hydrogen) atoms. The molecule has 2 aromatic rings. The van der Waals surface area contributed by atoms with Crippen LogP contribution in [0.1, 0.15) is 31.4 Å². The van der Waals surface area contributed by atoms with Crippen molar-refractivity contribution in [3.63, 3.8) is 0 Å². The number of esters is 1. The van der Waals surface area contributed by atoms with Gasteiger partial charge in [-0.2, -0.15) is 0 Å². The highest BCUT2D eigenvalue weighted by Gasteiger charge is 2.25. The lowest BCUT2D eigenvalue weighted by Gasteiger charge is -2.34. The molecule has 0 N–H and O–H groups in total. The molecular weight excluding hydrogens is 274 g/mol. The topological polar surface area (TPSA) is 46.8 Å². The maximum absolute atomic E-state index is 11.5. The van der Waals surface area contributed by atoms with Crippen molar-refractivity contribution in [1.82, 2.24) is 14.3 Å². The van der Waals surface area contributed by atoms with E-state index in [4.69, 9.17) is 4.74 Å². The molecule has 2 aromatic heterocycles. The summed E-state index contributed by atoms with van der Waals surface area (Å²) in [5, 5.41) is 2.03. The van der Waals surface area contributed by atoms with E-state index in [1.807, 2.05) is 11.6 Å². The number of methoxy groups -OCH3 is 1. The summed E-state index contributed by atoms with van der Waals surface area (Å²) >= 11 is 1.64. The van der Waals surface area contributed by atoms with E-state index >= 15 is 0 Å². The number of aromatic nitrogens is 2. The lowest BCUT2D eigenvalue weighted by molar-refractivity contribution is -0.142. The number of rotatable bonds is 4. The van der Waals surface area contributed by atoms with Gasteiger partial charge in [-0.05, 0) is 19.4 Å².